The Balaban J connectivity index is 1.36. The lowest BCUT2D eigenvalue weighted by Crippen LogP contribution is -2.27. The summed E-state index contributed by atoms with van der Waals surface area (Å²) in [6.45, 7) is 5.82. The molecule has 0 saturated carbocycles. The molecule has 0 heterocycles. The van der Waals surface area contributed by atoms with Gasteiger partial charge in [0, 0.05) is 0 Å². The van der Waals surface area contributed by atoms with Crippen LogP contribution in [0.4, 0.5) is 0 Å². The van der Waals surface area contributed by atoms with Crippen molar-refractivity contribution in [2.75, 3.05) is 6.61 Å². The zero-order valence-corrected chi connectivity index (χ0v) is 21.7. The largest absolute Gasteiger partial charge is 0.489 e. The van der Waals surface area contributed by atoms with Gasteiger partial charge in [-0.15, -0.1) is 0 Å². The van der Waals surface area contributed by atoms with E-state index in [1.54, 1.807) is 0 Å². The van der Waals surface area contributed by atoms with E-state index < -0.39 is 5.60 Å². The van der Waals surface area contributed by atoms with Crippen molar-refractivity contribution in [1.29, 1.82) is 0 Å². The first-order valence-corrected chi connectivity index (χ1v) is 13.1. The van der Waals surface area contributed by atoms with Gasteiger partial charge in [0.1, 0.15) is 23.7 Å². The van der Waals surface area contributed by atoms with Gasteiger partial charge in [0.15, 0.2) is 21.3 Å². The van der Waals surface area contributed by atoms with Gasteiger partial charge in [0.25, 0.3) is 0 Å². The van der Waals surface area contributed by atoms with Gasteiger partial charge in [-0.05, 0) is 87.0 Å². The maximum absolute atomic E-state index is 11.8. The van der Waals surface area contributed by atoms with Crippen LogP contribution in [0.1, 0.15) is 26.3 Å². The van der Waals surface area contributed by atoms with Gasteiger partial charge in [0.2, 0.25) is 0 Å². The van der Waals surface area contributed by atoms with Crippen LogP contribution < -0.4 is 9.47 Å². The molecule has 0 bridgehead atoms. The Morgan fingerprint density at radius 2 is 1.11 bits per heavy atom. The second kappa shape index (κ2) is 11.8. The second-order valence-corrected chi connectivity index (χ2v) is 11.2. The van der Waals surface area contributed by atoms with Crippen LogP contribution in [0.25, 0.3) is 0 Å². The average Bonchev–Trinajstić information content (AvgIpc) is 2.88. The van der Waals surface area contributed by atoms with Crippen LogP contribution in [-0.4, -0.2) is 18.2 Å². The molecular weight excluding hydrogens is 468 g/mol. The minimum atomic E-state index is -0.524. The number of esters is 1. The van der Waals surface area contributed by atoms with E-state index in [0.29, 0.717) is 12.4 Å². The van der Waals surface area contributed by atoms with Gasteiger partial charge in [-0.2, -0.15) is 0 Å². The third kappa shape index (κ3) is 7.40. The first kappa shape index (κ1) is 25.4. The van der Waals surface area contributed by atoms with Gasteiger partial charge in [-0.25, -0.2) is 4.79 Å². The van der Waals surface area contributed by atoms with Gasteiger partial charge < -0.3 is 14.2 Å². The molecule has 184 valence electrons. The molecule has 0 aliphatic carbocycles. The van der Waals surface area contributed by atoms with E-state index in [4.69, 9.17) is 14.2 Å². The molecule has 0 amide bonds. The average molecular weight is 500 g/mol. The number of carbonyl (C=O) groups excluding carboxylic acids is 1. The monoisotopic (exact) mass is 499 g/mol. The number of benzene rings is 4. The van der Waals surface area contributed by atoms with Crippen LogP contribution in [0.3, 0.4) is 0 Å². The molecule has 0 spiro atoms. The highest BCUT2D eigenvalue weighted by Gasteiger charge is 2.28. The maximum Gasteiger partial charge on any atom is 0.344 e. The quantitative estimate of drug-likeness (QED) is 0.182. The lowest BCUT2D eigenvalue weighted by Gasteiger charge is -2.19. The number of hydrogen-bond acceptors (Lipinski definition) is 4. The lowest BCUT2D eigenvalue weighted by atomic mass is 10.2. The topological polar surface area (TPSA) is 44.8 Å². The van der Waals surface area contributed by atoms with Crippen molar-refractivity contribution in [2.45, 2.75) is 47.7 Å². The molecule has 0 saturated heterocycles. The molecule has 0 unspecified atom stereocenters. The number of ether oxygens (including phenoxy) is 3. The minimum absolute atomic E-state index is 0.118. The third-order valence-corrected chi connectivity index (χ3v) is 7.35. The highest BCUT2D eigenvalue weighted by molar-refractivity contribution is 7.97. The molecule has 5 heteroatoms. The smallest absolute Gasteiger partial charge is 0.344 e. The SMILES string of the molecule is CC(C)(C)OC(=O)COc1ccc(COc2ccc([S+](c3ccccc3)c3ccccc3)cc2)cc1. The fourth-order valence-corrected chi connectivity index (χ4v) is 5.64. The van der Waals surface area contributed by atoms with Crippen molar-refractivity contribution in [3.8, 4) is 11.5 Å². The van der Waals surface area contributed by atoms with Crippen LogP contribution in [0.5, 0.6) is 11.5 Å². The molecule has 0 N–H and O–H groups in total. The molecule has 0 atom stereocenters. The highest BCUT2D eigenvalue weighted by atomic mass is 32.2. The van der Waals surface area contributed by atoms with Crippen molar-refractivity contribution < 1.29 is 19.0 Å². The molecule has 4 rings (SSSR count). The first-order valence-electron chi connectivity index (χ1n) is 11.9. The summed E-state index contributed by atoms with van der Waals surface area (Å²) in [5.74, 6) is 1.04. The third-order valence-electron chi connectivity index (χ3n) is 5.12. The van der Waals surface area contributed by atoms with E-state index in [0.717, 1.165) is 11.3 Å². The molecule has 4 nitrogen and oxygen atoms in total. The molecule has 0 fully saturated rings. The summed E-state index contributed by atoms with van der Waals surface area (Å²) >= 11 is 0. The Morgan fingerprint density at radius 1 is 0.639 bits per heavy atom. The van der Waals surface area contributed by atoms with Crippen LogP contribution in [0, 0.1) is 0 Å². The number of rotatable bonds is 9. The number of hydrogen-bond donors (Lipinski definition) is 0. The molecular formula is C31H31O4S+. The fourth-order valence-electron chi connectivity index (χ4n) is 3.56. The highest BCUT2D eigenvalue weighted by Crippen LogP contribution is 2.32. The number of carbonyl (C=O) groups is 1. The van der Waals surface area contributed by atoms with Gasteiger partial charge >= 0.3 is 5.97 Å². The predicted molar refractivity (Wildman–Crippen MR) is 144 cm³/mol. The van der Waals surface area contributed by atoms with Crippen molar-refractivity contribution in [3.63, 3.8) is 0 Å². The summed E-state index contributed by atoms with van der Waals surface area (Å²) < 4.78 is 16.8. The maximum atomic E-state index is 11.8. The summed E-state index contributed by atoms with van der Waals surface area (Å²) in [6, 6.07) is 37.0. The predicted octanol–water partition coefficient (Wildman–Crippen LogP) is 7.08. The Morgan fingerprint density at radius 3 is 1.64 bits per heavy atom. The van der Waals surface area contributed by atoms with Gasteiger partial charge in [-0.3, -0.25) is 0 Å². The zero-order valence-electron chi connectivity index (χ0n) is 20.8. The van der Waals surface area contributed by atoms with Gasteiger partial charge in [0.05, 0.1) is 10.9 Å². The normalized spacial score (nSPS) is 11.2. The summed E-state index contributed by atoms with van der Waals surface area (Å²) in [5, 5.41) is 0. The van der Waals surface area contributed by atoms with E-state index in [1.165, 1.54) is 14.7 Å². The van der Waals surface area contributed by atoms with Gasteiger partial charge in [-0.1, -0.05) is 48.5 Å². The van der Waals surface area contributed by atoms with E-state index in [2.05, 4.69) is 60.7 Å². The molecule has 0 aliphatic heterocycles. The summed E-state index contributed by atoms with van der Waals surface area (Å²) in [5.41, 5.74) is 0.488. The standard InChI is InChI=1S/C31H31O4S/c1-31(2,3)35-30(32)23-34-25-16-14-24(15-17-25)22-33-26-18-20-29(21-19-26)36(27-10-6-4-7-11-27)28-12-8-5-9-13-28/h4-21H,22-23H2,1-3H3/q+1. The van der Waals surface area contributed by atoms with E-state index in [-0.39, 0.29) is 23.5 Å². The molecule has 4 aromatic carbocycles. The van der Waals surface area contributed by atoms with E-state index in [1.807, 2.05) is 69.3 Å². The lowest BCUT2D eigenvalue weighted by molar-refractivity contribution is -0.157. The van der Waals surface area contributed by atoms with Crippen LogP contribution in [-0.2, 0) is 27.0 Å². The molecule has 0 radical (unpaired) electrons. The van der Waals surface area contributed by atoms with Crippen LogP contribution in [0.15, 0.2) is 124 Å². The van der Waals surface area contributed by atoms with Crippen LogP contribution >= 0.6 is 0 Å². The van der Waals surface area contributed by atoms with Crippen LogP contribution in [0.2, 0.25) is 0 Å². The van der Waals surface area contributed by atoms with Crippen molar-refractivity contribution in [1.82, 2.24) is 0 Å². The summed E-state index contributed by atoms with van der Waals surface area (Å²) in [7, 11) is -0.179. The Hall–Kier alpha value is -3.70. The minimum Gasteiger partial charge on any atom is -0.489 e. The molecule has 4 aromatic rings. The molecule has 36 heavy (non-hydrogen) atoms. The van der Waals surface area contributed by atoms with E-state index >= 15 is 0 Å². The first-order chi connectivity index (χ1) is 17.4. The van der Waals surface area contributed by atoms with E-state index in [9.17, 15) is 4.79 Å². The second-order valence-electron chi connectivity index (χ2n) is 9.21. The Kier molecular flexibility index (Phi) is 8.34. The Bertz CT molecular complexity index is 1190. The summed E-state index contributed by atoms with van der Waals surface area (Å²) in [4.78, 5) is 15.6. The fraction of sp³-hybridized carbons (Fsp3) is 0.194. The van der Waals surface area contributed by atoms with Crippen molar-refractivity contribution >= 4 is 16.9 Å². The van der Waals surface area contributed by atoms with Crippen molar-refractivity contribution in [3.05, 3.63) is 115 Å². The summed E-state index contributed by atoms with van der Waals surface area (Å²) in [6.07, 6.45) is 0. The van der Waals surface area contributed by atoms with Crippen molar-refractivity contribution in [2.24, 2.45) is 0 Å². The molecule has 0 aliphatic rings. The molecule has 0 aromatic heterocycles. The zero-order chi connectivity index (χ0) is 25.4. The Labute approximate surface area is 216 Å².